The standard InChI is InChI=1S/C26H30FN5O/c1-3-19-6-4-5-18(2)26(19)31-25(33)17-32-13-10-20(11-14-32)21-9-12-28-24(15-21)30-23-8-7-22(27)16-29-23/h4-9,12,15-16,20H,3,10-11,13-14,17H2,1-2H3,(H,31,33)(H,28,29,30). The Morgan fingerprint density at radius 1 is 1.12 bits per heavy atom. The van der Waals surface area contributed by atoms with Crippen LogP contribution in [0.5, 0.6) is 0 Å². The number of pyridine rings is 2. The molecule has 6 nitrogen and oxygen atoms in total. The summed E-state index contributed by atoms with van der Waals surface area (Å²) in [5.41, 5.74) is 4.43. The van der Waals surface area contributed by atoms with Gasteiger partial charge in [-0.25, -0.2) is 14.4 Å². The van der Waals surface area contributed by atoms with E-state index in [0.717, 1.165) is 43.6 Å². The number of carbonyl (C=O) groups excluding carboxylic acids is 1. The summed E-state index contributed by atoms with van der Waals surface area (Å²) in [5.74, 6) is 1.34. The molecule has 1 aliphatic heterocycles. The second kappa shape index (κ2) is 10.5. The van der Waals surface area contributed by atoms with Crippen molar-refractivity contribution in [2.75, 3.05) is 30.3 Å². The number of nitrogens with one attached hydrogen (secondary N) is 2. The first-order valence-corrected chi connectivity index (χ1v) is 11.5. The Bertz CT molecular complexity index is 1090. The molecule has 0 radical (unpaired) electrons. The molecule has 3 aromatic rings. The molecular weight excluding hydrogens is 417 g/mol. The summed E-state index contributed by atoms with van der Waals surface area (Å²) >= 11 is 0. The Morgan fingerprint density at radius 3 is 2.67 bits per heavy atom. The van der Waals surface area contributed by atoms with Crippen LogP contribution < -0.4 is 10.6 Å². The van der Waals surface area contributed by atoms with Crippen molar-refractivity contribution in [2.24, 2.45) is 0 Å². The third-order valence-electron chi connectivity index (χ3n) is 6.20. The summed E-state index contributed by atoms with van der Waals surface area (Å²) in [6.07, 6.45) is 5.82. The lowest BCUT2D eigenvalue weighted by Gasteiger charge is -2.31. The van der Waals surface area contributed by atoms with Gasteiger partial charge in [0.15, 0.2) is 0 Å². The first kappa shape index (κ1) is 22.9. The number of aromatic nitrogens is 2. The minimum atomic E-state index is -0.368. The quantitative estimate of drug-likeness (QED) is 0.531. The van der Waals surface area contributed by atoms with Crippen LogP contribution in [0, 0.1) is 12.7 Å². The maximum absolute atomic E-state index is 13.1. The number of halogens is 1. The van der Waals surface area contributed by atoms with E-state index in [1.165, 1.54) is 23.4 Å². The number of piperidine rings is 1. The van der Waals surface area contributed by atoms with Crippen molar-refractivity contribution in [3.05, 3.63) is 77.4 Å². The molecule has 0 atom stereocenters. The maximum atomic E-state index is 13.1. The van der Waals surface area contributed by atoms with Gasteiger partial charge in [0.25, 0.3) is 0 Å². The molecule has 3 heterocycles. The highest BCUT2D eigenvalue weighted by Gasteiger charge is 2.23. The first-order valence-electron chi connectivity index (χ1n) is 11.5. The van der Waals surface area contributed by atoms with E-state index in [1.807, 2.05) is 31.2 Å². The van der Waals surface area contributed by atoms with Gasteiger partial charge in [0.1, 0.15) is 17.5 Å². The largest absolute Gasteiger partial charge is 0.325 e. The van der Waals surface area contributed by atoms with E-state index in [-0.39, 0.29) is 11.7 Å². The zero-order chi connectivity index (χ0) is 23.2. The van der Waals surface area contributed by atoms with Crippen molar-refractivity contribution in [3.63, 3.8) is 0 Å². The highest BCUT2D eigenvalue weighted by molar-refractivity contribution is 5.93. The van der Waals surface area contributed by atoms with Crippen molar-refractivity contribution < 1.29 is 9.18 Å². The molecule has 4 rings (SSSR count). The molecule has 0 bridgehead atoms. The number of aryl methyl sites for hydroxylation is 2. The van der Waals surface area contributed by atoms with Gasteiger partial charge in [-0.3, -0.25) is 9.69 Å². The Balaban J connectivity index is 1.31. The number of para-hydroxylation sites is 1. The van der Waals surface area contributed by atoms with Crippen LogP contribution in [-0.2, 0) is 11.2 Å². The van der Waals surface area contributed by atoms with Gasteiger partial charge in [0, 0.05) is 11.9 Å². The summed E-state index contributed by atoms with van der Waals surface area (Å²) in [4.78, 5) is 23.3. The Kier molecular flexibility index (Phi) is 7.29. The third kappa shape index (κ3) is 5.93. The fraction of sp³-hybridized carbons (Fsp3) is 0.346. The number of amides is 1. The number of rotatable bonds is 7. The third-order valence-corrected chi connectivity index (χ3v) is 6.20. The van der Waals surface area contributed by atoms with Crippen molar-refractivity contribution in [3.8, 4) is 0 Å². The Hall–Kier alpha value is -3.32. The summed E-state index contributed by atoms with van der Waals surface area (Å²) in [6, 6.07) is 13.2. The van der Waals surface area contributed by atoms with Gasteiger partial charge < -0.3 is 10.6 Å². The fourth-order valence-corrected chi connectivity index (χ4v) is 4.36. The van der Waals surface area contributed by atoms with Crippen molar-refractivity contribution in [2.45, 2.75) is 39.0 Å². The summed E-state index contributed by atoms with van der Waals surface area (Å²) in [6.45, 7) is 6.29. The topological polar surface area (TPSA) is 70.2 Å². The van der Waals surface area contributed by atoms with Gasteiger partial charge in [0.05, 0.1) is 12.7 Å². The number of benzene rings is 1. The van der Waals surface area contributed by atoms with Gasteiger partial charge in [-0.05, 0) is 86.1 Å². The molecule has 33 heavy (non-hydrogen) atoms. The van der Waals surface area contributed by atoms with Crippen LogP contribution >= 0.6 is 0 Å². The number of nitrogens with zero attached hydrogens (tertiary/aromatic N) is 3. The molecule has 1 aliphatic rings. The molecule has 1 fully saturated rings. The van der Waals surface area contributed by atoms with E-state index in [9.17, 15) is 9.18 Å². The van der Waals surface area contributed by atoms with Crippen LogP contribution in [-0.4, -0.2) is 40.4 Å². The average molecular weight is 448 g/mol. The van der Waals surface area contributed by atoms with Gasteiger partial charge in [-0.1, -0.05) is 25.1 Å². The number of hydrogen-bond donors (Lipinski definition) is 2. The molecule has 0 saturated carbocycles. The molecule has 0 aliphatic carbocycles. The van der Waals surface area contributed by atoms with Gasteiger partial charge in [0.2, 0.25) is 5.91 Å². The SMILES string of the molecule is CCc1cccc(C)c1NC(=O)CN1CCC(c2ccnc(Nc3ccc(F)cn3)c2)CC1. The summed E-state index contributed by atoms with van der Waals surface area (Å²) in [7, 11) is 0. The lowest BCUT2D eigenvalue weighted by atomic mass is 9.90. The van der Waals surface area contributed by atoms with Crippen LogP contribution in [0.2, 0.25) is 0 Å². The molecule has 2 aromatic heterocycles. The Morgan fingerprint density at radius 2 is 1.94 bits per heavy atom. The zero-order valence-corrected chi connectivity index (χ0v) is 19.1. The fourth-order valence-electron chi connectivity index (χ4n) is 4.36. The highest BCUT2D eigenvalue weighted by atomic mass is 19.1. The first-order chi connectivity index (χ1) is 16.0. The minimum Gasteiger partial charge on any atom is -0.325 e. The molecule has 2 N–H and O–H groups in total. The maximum Gasteiger partial charge on any atom is 0.238 e. The normalized spacial score (nSPS) is 14.8. The number of anilines is 3. The van der Waals surface area contributed by atoms with Crippen molar-refractivity contribution in [1.29, 1.82) is 0 Å². The highest BCUT2D eigenvalue weighted by Crippen LogP contribution is 2.29. The van der Waals surface area contributed by atoms with Gasteiger partial charge in [-0.2, -0.15) is 0 Å². The van der Waals surface area contributed by atoms with Gasteiger partial charge >= 0.3 is 0 Å². The van der Waals surface area contributed by atoms with E-state index >= 15 is 0 Å². The summed E-state index contributed by atoms with van der Waals surface area (Å²) < 4.78 is 13.1. The van der Waals surface area contributed by atoms with Gasteiger partial charge in [-0.15, -0.1) is 0 Å². The van der Waals surface area contributed by atoms with Crippen LogP contribution in [0.25, 0.3) is 0 Å². The van der Waals surface area contributed by atoms with Crippen LogP contribution in [0.15, 0.2) is 54.9 Å². The second-order valence-electron chi connectivity index (χ2n) is 8.52. The number of hydrogen-bond acceptors (Lipinski definition) is 5. The van der Waals surface area contributed by atoms with E-state index in [0.29, 0.717) is 24.1 Å². The molecule has 1 saturated heterocycles. The van der Waals surface area contributed by atoms with Crippen molar-refractivity contribution in [1.82, 2.24) is 14.9 Å². The zero-order valence-electron chi connectivity index (χ0n) is 19.1. The molecule has 0 spiro atoms. The van der Waals surface area contributed by atoms with E-state index in [1.54, 1.807) is 12.3 Å². The molecule has 1 amide bonds. The molecule has 1 aromatic carbocycles. The number of likely N-dealkylation sites (tertiary alicyclic amines) is 1. The van der Waals surface area contributed by atoms with Crippen LogP contribution in [0.3, 0.4) is 0 Å². The molecule has 0 unspecified atom stereocenters. The van der Waals surface area contributed by atoms with E-state index in [4.69, 9.17) is 0 Å². The predicted molar refractivity (Wildman–Crippen MR) is 129 cm³/mol. The predicted octanol–water partition coefficient (Wildman–Crippen LogP) is 5.05. The monoisotopic (exact) mass is 447 g/mol. The molecular formula is C26H30FN5O. The lowest BCUT2D eigenvalue weighted by molar-refractivity contribution is -0.117. The second-order valence-corrected chi connectivity index (χ2v) is 8.52. The molecule has 7 heteroatoms. The minimum absolute atomic E-state index is 0.0413. The lowest BCUT2D eigenvalue weighted by Crippen LogP contribution is -2.39. The number of carbonyl (C=O) groups is 1. The Labute approximate surface area is 194 Å². The van der Waals surface area contributed by atoms with E-state index in [2.05, 4.69) is 38.5 Å². The molecule has 172 valence electrons. The average Bonchev–Trinajstić information content (AvgIpc) is 2.82. The van der Waals surface area contributed by atoms with Crippen LogP contribution in [0.4, 0.5) is 21.7 Å². The summed E-state index contributed by atoms with van der Waals surface area (Å²) in [5, 5.41) is 6.26. The smallest absolute Gasteiger partial charge is 0.238 e. The van der Waals surface area contributed by atoms with Crippen molar-refractivity contribution >= 4 is 23.2 Å². The van der Waals surface area contributed by atoms with Crippen LogP contribution in [0.1, 0.15) is 42.4 Å². The van der Waals surface area contributed by atoms with E-state index < -0.39 is 0 Å².